The Hall–Kier alpha value is -2.46. The summed E-state index contributed by atoms with van der Waals surface area (Å²) in [6, 6.07) is 14.6. The first kappa shape index (κ1) is 25.2. The minimum atomic E-state index is -3.96. The summed E-state index contributed by atoms with van der Waals surface area (Å²) in [4.78, 5) is 15.0. The van der Waals surface area contributed by atoms with Gasteiger partial charge in [-0.1, -0.05) is 36.4 Å². The molecule has 8 nitrogen and oxygen atoms in total. The number of nitrogens with zero attached hydrogens (tertiary/aromatic N) is 2. The minimum absolute atomic E-state index is 0.0687. The first-order chi connectivity index (χ1) is 15.9. The number of carbonyl (C=O) groups is 1. The van der Waals surface area contributed by atoms with Gasteiger partial charge >= 0.3 is 0 Å². The van der Waals surface area contributed by atoms with Gasteiger partial charge in [0.2, 0.25) is 15.9 Å². The van der Waals surface area contributed by atoms with E-state index in [9.17, 15) is 13.2 Å². The van der Waals surface area contributed by atoms with Crippen molar-refractivity contribution in [3.05, 3.63) is 59.7 Å². The van der Waals surface area contributed by atoms with Crippen LogP contribution in [0.15, 0.2) is 53.4 Å². The SMILES string of the molecule is COc1ccc(C)cc1S(=O)(=O)N(CCc1ccccc1)CC(=O)NCCN1CCOCC1. The fourth-order valence-corrected chi connectivity index (χ4v) is 5.34. The zero-order chi connectivity index (χ0) is 23.7. The molecule has 1 fully saturated rings. The van der Waals surface area contributed by atoms with Crippen LogP contribution in [0, 0.1) is 6.92 Å². The summed E-state index contributed by atoms with van der Waals surface area (Å²) in [5, 5.41) is 2.86. The Kier molecular flexibility index (Phi) is 9.25. The molecule has 2 aromatic carbocycles. The van der Waals surface area contributed by atoms with E-state index in [0.29, 0.717) is 32.7 Å². The molecule has 0 aromatic heterocycles. The van der Waals surface area contributed by atoms with E-state index < -0.39 is 10.0 Å². The number of ether oxygens (including phenoxy) is 2. The molecule has 1 aliphatic heterocycles. The van der Waals surface area contributed by atoms with Crippen molar-refractivity contribution in [3.8, 4) is 5.75 Å². The second-order valence-corrected chi connectivity index (χ2v) is 9.94. The molecule has 1 amide bonds. The fraction of sp³-hybridized carbons (Fsp3) is 0.458. The van der Waals surface area contributed by atoms with Crippen LogP contribution in [0.3, 0.4) is 0 Å². The van der Waals surface area contributed by atoms with Crippen LogP contribution < -0.4 is 10.1 Å². The van der Waals surface area contributed by atoms with Gasteiger partial charge in [-0.25, -0.2) is 8.42 Å². The maximum Gasteiger partial charge on any atom is 0.247 e. The van der Waals surface area contributed by atoms with Crippen molar-refractivity contribution in [2.45, 2.75) is 18.2 Å². The number of morpholine rings is 1. The van der Waals surface area contributed by atoms with Crippen molar-refractivity contribution in [1.82, 2.24) is 14.5 Å². The second kappa shape index (κ2) is 12.1. The average molecular weight is 476 g/mol. The van der Waals surface area contributed by atoms with Crippen molar-refractivity contribution in [2.75, 3.05) is 59.6 Å². The molecule has 9 heteroatoms. The minimum Gasteiger partial charge on any atom is -0.495 e. The van der Waals surface area contributed by atoms with E-state index >= 15 is 0 Å². The largest absolute Gasteiger partial charge is 0.495 e. The normalized spacial score (nSPS) is 14.9. The van der Waals surface area contributed by atoms with Gasteiger partial charge in [0.25, 0.3) is 0 Å². The van der Waals surface area contributed by atoms with Crippen LogP contribution in [-0.2, 0) is 26.0 Å². The molecule has 180 valence electrons. The van der Waals surface area contributed by atoms with Gasteiger partial charge in [0.1, 0.15) is 10.6 Å². The van der Waals surface area contributed by atoms with E-state index in [1.54, 1.807) is 18.2 Å². The highest BCUT2D eigenvalue weighted by Crippen LogP contribution is 2.28. The average Bonchev–Trinajstić information content (AvgIpc) is 2.83. The highest BCUT2D eigenvalue weighted by atomic mass is 32.2. The number of aryl methyl sites for hydroxylation is 1. The van der Waals surface area contributed by atoms with E-state index in [1.165, 1.54) is 11.4 Å². The van der Waals surface area contributed by atoms with Gasteiger partial charge in [-0.05, 0) is 36.6 Å². The summed E-state index contributed by atoms with van der Waals surface area (Å²) in [7, 11) is -2.52. The highest BCUT2D eigenvalue weighted by molar-refractivity contribution is 7.89. The first-order valence-electron chi connectivity index (χ1n) is 11.2. The van der Waals surface area contributed by atoms with Crippen LogP contribution in [0.4, 0.5) is 0 Å². The lowest BCUT2D eigenvalue weighted by Crippen LogP contribution is -2.45. The molecule has 33 heavy (non-hydrogen) atoms. The van der Waals surface area contributed by atoms with E-state index in [2.05, 4.69) is 10.2 Å². The predicted molar refractivity (Wildman–Crippen MR) is 127 cm³/mol. The Balaban J connectivity index is 1.72. The van der Waals surface area contributed by atoms with Crippen molar-refractivity contribution in [2.24, 2.45) is 0 Å². The summed E-state index contributed by atoms with van der Waals surface area (Å²) in [6.45, 7) is 5.97. The van der Waals surface area contributed by atoms with Gasteiger partial charge < -0.3 is 14.8 Å². The van der Waals surface area contributed by atoms with Crippen molar-refractivity contribution in [3.63, 3.8) is 0 Å². The quantitative estimate of drug-likeness (QED) is 0.532. The first-order valence-corrected chi connectivity index (χ1v) is 12.6. The van der Waals surface area contributed by atoms with Crippen molar-refractivity contribution >= 4 is 15.9 Å². The maximum absolute atomic E-state index is 13.6. The monoisotopic (exact) mass is 475 g/mol. The molecule has 0 radical (unpaired) electrons. The van der Waals surface area contributed by atoms with E-state index in [0.717, 1.165) is 24.2 Å². The molecule has 0 spiro atoms. The topological polar surface area (TPSA) is 88.2 Å². The molecular formula is C24H33N3O5S. The zero-order valence-corrected chi connectivity index (χ0v) is 20.1. The Labute approximate surface area is 196 Å². The van der Waals surface area contributed by atoms with Crippen LogP contribution in [0.1, 0.15) is 11.1 Å². The molecule has 3 rings (SSSR count). The molecule has 0 bridgehead atoms. The number of carbonyl (C=O) groups excluding carboxylic acids is 1. The number of hydrogen-bond donors (Lipinski definition) is 1. The molecule has 1 saturated heterocycles. The number of benzene rings is 2. The van der Waals surface area contributed by atoms with Crippen LogP contribution in [-0.4, -0.2) is 83.1 Å². The van der Waals surface area contributed by atoms with Gasteiger partial charge in [-0.2, -0.15) is 4.31 Å². The van der Waals surface area contributed by atoms with Crippen LogP contribution in [0.5, 0.6) is 5.75 Å². The Morgan fingerprint density at radius 1 is 1.15 bits per heavy atom. The van der Waals surface area contributed by atoms with Crippen molar-refractivity contribution < 1.29 is 22.7 Å². The van der Waals surface area contributed by atoms with Crippen LogP contribution in [0.2, 0.25) is 0 Å². The molecule has 1 heterocycles. The van der Waals surface area contributed by atoms with Gasteiger partial charge in [-0.3, -0.25) is 9.69 Å². The summed E-state index contributed by atoms with van der Waals surface area (Å²) in [5.74, 6) is -0.0652. The second-order valence-electron chi connectivity index (χ2n) is 8.03. The Morgan fingerprint density at radius 2 is 1.88 bits per heavy atom. The molecule has 0 atom stereocenters. The third kappa shape index (κ3) is 7.26. The lowest BCUT2D eigenvalue weighted by Gasteiger charge is -2.27. The summed E-state index contributed by atoms with van der Waals surface area (Å²) < 4.78 is 39.1. The van der Waals surface area contributed by atoms with Crippen molar-refractivity contribution in [1.29, 1.82) is 0 Å². The Morgan fingerprint density at radius 3 is 2.58 bits per heavy atom. The highest BCUT2D eigenvalue weighted by Gasteiger charge is 2.29. The van der Waals surface area contributed by atoms with E-state index in [4.69, 9.17) is 9.47 Å². The standard InChI is InChI=1S/C24H33N3O5S/c1-20-8-9-22(31-2)23(18-20)33(29,30)27(12-10-21-6-4-3-5-7-21)19-24(28)25-11-13-26-14-16-32-17-15-26/h3-9,18H,10-17,19H2,1-2H3,(H,25,28). The van der Waals surface area contributed by atoms with Gasteiger partial charge in [0.05, 0.1) is 26.9 Å². The predicted octanol–water partition coefficient (Wildman–Crippen LogP) is 1.69. The maximum atomic E-state index is 13.6. The van der Waals surface area contributed by atoms with Crippen LogP contribution in [0.25, 0.3) is 0 Å². The zero-order valence-electron chi connectivity index (χ0n) is 19.3. The fourth-order valence-electron chi connectivity index (χ4n) is 3.70. The number of hydrogen-bond acceptors (Lipinski definition) is 6. The number of amides is 1. The number of nitrogens with one attached hydrogen (secondary N) is 1. The number of rotatable bonds is 11. The third-order valence-corrected chi connectivity index (χ3v) is 7.47. The van der Waals surface area contributed by atoms with Crippen LogP contribution >= 0.6 is 0 Å². The lowest BCUT2D eigenvalue weighted by molar-refractivity contribution is -0.121. The molecule has 0 unspecified atom stereocenters. The molecule has 0 aliphatic carbocycles. The summed E-state index contributed by atoms with van der Waals surface area (Å²) in [5.41, 5.74) is 1.80. The van der Waals surface area contributed by atoms with E-state index in [1.807, 2.05) is 37.3 Å². The van der Waals surface area contributed by atoms with Gasteiger partial charge in [0, 0.05) is 32.7 Å². The smallest absolute Gasteiger partial charge is 0.247 e. The summed E-state index contributed by atoms with van der Waals surface area (Å²) >= 11 is 0. The summed E-state index contributed by atoms with van der Waals surface area (Å²) in [6.07, 6.45) is 0.495. The number of methoxy groups -OCH3 is 1. The molecule has 1 aliphatic rings. The van der Waals surface area contributed by atoms with Gasteiger partial charge in [-0.15, -0.1) is 0 Å². The lowest BCUT2D eigenvalue weighted by atomic mass is 10.1. The third-order valence-electron chi connectivity index (χ3n) is 5.60. The Bertz CT molecular complexity index is 1010. The van der Waals surface area contributed by atoms with E-state index in [-0.39, 0.29) is 29.6 Å². The number of sulfonamides is 1. The molecule has 2 aromatic rings. The molecule has 1 N–H and O–H groups in total. The molecular weight excluding hydrogens is 442 g/mol. The molecule has 0 saturated carbocycles. The van der Waals surface area contributed by atoms with Gasteiger partial charge in [0.15, 0.2) is 0 Å².